The zero-order valence-electron chi connectivity index (χ0n) is 19.4. The zero-order valence-corrected chi connectivity index (χ0v) is 19.4. The molecule has 1 unspecified atom stereocenters. The van der Waals surface area contributed by atoms with Crippen LogP contribution in [0.1, 0.15) is 22.7 Å². The van der Waals surface area contributed by atoms with Crippen LogP contribution in [0.4, 0.5) is 4.39 Å². The Morgan fingerprint density at radius 2 is 1.56 bits per heavy atom. The Hall–Kier alpha value is -4.71. The lowest BCUT2D eigenvalue weighted by molar-refractivity contribution is 0.110. The zero-order chi connectivity index (χ0) is 24.3. The first kappa shape index (κ1) is 21.8. The fourth-order valence-corrected chi connectivity index (χ4v) is 4.46. The predicted molar refractivity (Wildman–Crippen MR) is 138 cm³/mol. The van der Waals surface area contributed by atoms with E-state index in [2.05, 4.69) is 33.8 Å². The number of hydrogen-bond acceptors (Lipinski definition) is 3. The Morgan fingerprint density at radius 3 is 2.28 bits per heavy atom. The molecule has 2 aromatic heterocycles. The second-order valence-corrected chi connectivity index (χ2v) is 8.57. The summed E-state index contributed by atoms with van der Waals surface area (Å²) in [5.74, 6) is 0.330. The quantitative estimate of drug-likeness (QED) is 0.273. The van der Waals surface area contributed by atoms with Gasteiger partial charge in [-0.3, -0.25) is 0 Å². The molecule has 0 saturated heterocycles. The molecular formula is C30H23FN4O. The third-order valence-electron chi connectivity index (χ3n) is 6.20. The summed E-state index contributed by atoms with van der Waals surface area (Å²) < 4.78 is 17.5. The van der Waals surface area contributed by atoms with Gasteiger partial charge < -0.3 is 9.40 Å². The lowest BCUT2D eigenvalue weighted by Gasteiger charge is -2.20. The van der Waals surface area contributed by atoms with Gasteiger partial charge in [0.1, 0.15) is 17.9 Å². The van der Waals surface area contributed by atoms with E-state index in [1.807, 2.05) is 67.1 Å². The van der Waals surface area contributed by atoms with Gasteiger partial charge in [0.2, 0.25) is 0 Å². The van der Waals surface area contributed by atoms with Crippen LogP contribution in [0, 0.1) is 5.82 Å². The van der Waals surface area contributed by atoms with Crippen LogP contribution in [0.2, 0.25) is 0 Å². The van der Waals surface area contributed by atoms with Crippen LogP contribution < -0.4 is 4.84 Å². The van der Waals surface area contributed by atoms with Gasteiger partial charge in [-0.15, -0.1) is 0 Å². The maximum absolute atomic E-state index is 13.6. The van der Waals surface area contributed by atoms with Crippen molar-refractivity contribution in [1.29, 1.82) is 0 Å². The van der Waals surface area contributed by atoms with Crippen molar-refractivity contribution in [1.82, 2.24) is 19.3 Å². The third kappa shape index (κ3) is 4.25. The second-order valence-electron chi connectivity index (χ2n) is 8.57. The second kappa shape index (κ2) is 9.50. The van der Waals surface area contributed by atoms with E-state index in [1.54, 1.807) is 23.1 Å². The molecule has 176 valence electrons. The highest BCUT2D eigenvalue weighted by Gasteiger charge is 2.20. The average molecular weight is 475 g/mol. The number of halogens is 1. The first-order valence-electron chi connectivity index (χ1n) is 11.7. The van der Waals surface area contributed by atoms with Crippen LogP contribution >= 0.6 is 0 Å². The molecule has 5 nitrogen and oxygen atoms in total. The molecule has 0 aliphatic rings. The van der Waals surface area contributed by atoms with Gasteiger partial charge in [-0.1, -0.05) is 66.7 Å². The maximum Gasteiger partial charge on any atom is 0.176 e. The molecular weight excluding hydrogens is 451 g/mol. The number of fused-ring (bicyclic) bond motifs is 1. The van der Waals surface area contributed by atoms with Crippen LogP contribution in [0.25, 0.3) is 22.4 Å². The molecule has 36 heavy (non-hydrogen) atoms. The average Bonchev–Trinajstić information content (AvgIpc) is 3.58. The van der Waals surface area contributed by atoms with Crippen molar-refractivity contribution in [2.75, 3.05) is 0 Å². The number of hydrogen-bond donors (Lipinski definition) is 0. The molecule has 0 spiro atoms. The lowest BCUT2D eigenvalue weighted by atomic mass is 9.98. The monoisotopic (exact) mass is 474 g/mol. The van der Waals surface area contributed by atoms with E-state index in [1.165, 1.54) is 12.1 Å². The Balaban J connectivity index is 1.49. The minimum absolute atomic E-state index is 0.0650. The van der Waals surface area contributed by atoms with E-state index in [-0.39, 0.29) is 11.9 Å². The summed E-state index contributed by atoms with van der Waals surface area (Å²) in [4.78, 5) is 15.5. The van der Waals surface area contributed by atoms with Gasteiger partial charge in [0.05, 0.1) is 17.9 Å². The molecule has 6 heteroatoms. The molecule has 0 bridgehead atoms. The molecule has 0 aliphatic carbocycles. The van der Waals surface area contributed by atoms with Crippen molar-refractivity contribution in [3.63, 3.8) is 0 Å². The summed E-state index contributed by atoms with van der Waals surface area (Å²) in [6, 6.07) is 32.8. The van der Waals surface area contributed by atoms with Crippen molar-refractivity contribution in [3.8, 4) is 11.4 Å². The first-order chi connectivity index (χ1) is 17.8. The van der Waals surface area contributed by atoms with Gasteiger partial charge in [0.15, 0.2) is 5.82 Å². The fourth-order valence-electron chi connectivity index (χ4n) is 4.46. The Kier molecular flexibility index (Phi) is 5.75. The molecule has 0 radical (unpaired) electrons. The summed E-state index contributed by atoms with van der Waals surface area (Å²) >= 11 is 0. The summed E-state index contributed by atoms with van der Waals surface area (Å²) in [5.41, 5.74) is 5.66. The van der Waals surface area contributed by atoms with Gasteiger partial charge in [0.25, 0.3) is 0 Å². The van der Waals surface area contributed by atoms with Gasteiger partial charge in [0, 0.05) is 18.0 Å². The number of aromatic nitrogens is 4. The highest BCUT2D eigenvalue weighted by molar-refractivity contribution is 5.81. The number of nitrogens with zero attached hydrogens (tertiary/aromatic N) is 4. The van der Waals surface area contributed by atoms with Crippen molar-refractivity contribution in [2.24, 2.45) is 0 Å². The number of rotatable bonds is 7. The number of benzene rings is 4. The van der Waals surface area contributed by atoms with Crippen LogP contribution in [0.15, 0.2) is 122 Å². The van der Waals surface area contributed by atoms with Gasteiger partial charge in [-0.05, 0) is 53.1 Å². The molecule has 0 amide bonds. The molecule has 6 aromatic rings. The standard InChI is InChI=1S/C30H23FN4O/c31-26-14-11-24(12-15-26)30-33-27-16-13-25(19-28(27)35(30)36-20-22-7-3-1-4-8-22)29(34-18-17-32-21-34)23-9-5-2-6-10-23/h1-19,21,29H,20H2. The summed E-state index contributed by atoms with van der Waals surface area (Å²) in [6.07, 6.45) is 5.58. The molecule has 0 fully saturated rings. The smallest absolute Gasteiger partial charge is 0.176 e. The highest BCUT2D eigenvalue weighted by atomic mass is 19.1. The van der Waals surface area contributed by atoms with Crippen molar-refractivity contribution in [2.45, 2.75) is 12.6 Å². The summed E-state index contributed by atoms with van der Waals surface area (Å²) in [6.45, 7) is 0.369. The Morgan fingerprint density at radius 1 is 0.806 bits per heavy atom. The van der Waals surface area contributed by atoms with Crippen LogP contribution in [-0.2, 0) is 6.61 Å². The van der Waals surface area contributed by atoms with Crippen molar-refractivity contribution < 1.29 is 9.23 Å². The summed E-state index contributed by atoms with van der Waals surface area (Å²) in [5, 5.41) is 0. The van der Waals surface area contributed by atoms with E-state index in [9.17, 15) is 4.39 Å². The van der Waals surface area contributed by atoms with Gasteiger partial charge in [-0.2, -0.15) is 4.73 Å². The Bertz CT molecular complexity index is 1580. The number of imidazole rings is 2. The van der Waals surface area contributed by atoms with E-state index in [0.717, 1.165) is 33.3 Å². The first-order valence-corrected chi connectivity index (χ1v) is 11.7. The molecule has 0 aliphatic heterocycles. The van der Waals surface area contributed by atoms with Gasteiger partial charge >= 0.3 is 0 Å². The van der Waals surface area contributed by atoms with Crippen LogP contribution in [0.5, 0.6) is 0 Å². The van der Waals surface area contributed by atoms with Gasteiger partial charge in [-0.25, -0.2) is 14.4 Å². The Labute approximate surface area is 208 Å². The minimum Gasteiger partial charge on any atom is -0.407 e. The lowest BCUT2D eigenvalue weighted by Crippen LogP contribution is -2.14. The van der Waals surface area contributed by atoms with E-state index in [0.29, 0.717) is 12.4 Å². The fraction of sp³-hybridized carbons (Fsp3) is 0.0667. The molecule has 0 saturated carbocycles. The largest absolute Gasteiger partial charge is 0.407 e. The topological polar surface area (TPSA) is 44.9 Å². The maximum atomic E-state index is 13.6. The van der Waals surface area contributed by atoms with E-state index in [4.69, 9.17) is 9.82 Å². The van der Waals surface area contributed by atoms with E-state index < -0.39 is 0 Å². The molecule has 0 N–H and O–H groups in total. The minimum atomic E-state index is -0.292. The summed E-state index contributed by atoms with van der Waals surface area (Å²) in [7, 11) is 0. The van der Waals surface area contributed by atoms with Crippen LogP contribution in [0.3, 0.4) is 0 Å². The third-order valence-corrected chi connectivity index (χ3v) is 6.20. The SMILES string of the molecule is Fc1ccc(-c2nc3ccc(C(c4ccccc4)n4ccnc4)cc3n2OCc2ccccc2)cc1. The molecule has 1 atom stereocenters. The molecule has 6 rings (SSSR count). The van der Waals surface area contributed by atoms with Crippen LogP contribution in [-0.4, -0.2) is 19.3 Å². The predicted octanol–water partition coefficient (Wildman–Crippen LogP) is 6.31. The normalized spacial score (nSPS) is 12.0. The highest BCUT2D eigenvalue weighted by Crippen LogP contribution is 2.31. The van der Waals surface area contributed by atoms with Crippen molar-refractivity contribution >= 4 is 11.0 Å². The van der Waals surface area contributed by atoms with Crippen molar-refractivity contribution in [3.05, 3.63) is 144 Å². The molecule has 4 aromatic carbocycles. The van der Waals surface area contributed by atoms with E-state index >= 15 is 0 Å². The molecule has 2 heterocycles.